The lowest BCUT2D eigenvalue weighted by molar-refractivity contribution is -0.136. The van der Waals surface area contributed by atoms with Gasteiger partial charge >= 0.3 is 0 Å². The second kappa shape index (κ2) is 7.78. The number of β-amino-alcohol motifs (C(OH)–C–C–N with tert-alkyl or cyclic N) is 1. The number of hydrogen-bond acceptors (Lipinski definition) is 5. The molecule has 3 atom stereocenters. The molecule has 1 saturated carbocycles. The fourth-order valence-corrected chi connectivity index (χ4v) is 5.72. The fraction of sp³-hybridized carbons (Fsp3) is 0.609. The van der Waals surface area contributed by atoms with Crippen molar-refractivity contribution in [3.63, 3.8) is 0 Å². The van der Waals surface area contributed by atoms with Crippen LogP contribution in [0.15, 0.2) is 18.2 Å². The quantitative estimate of drug-likeness (QED) is 0.728. The van der Waals surface area contributed by atoms with E-state index in [1.807, 2.05) is 6.07 Å². The second-order valence-electron chi connectivity index (χ2n) is 9.32. The highest BCUT2D eigenvalue weighted by Gasteiger charge is 2.40. The predicted octanol–water partition coefficient (Wildman–Crippen LogP) is 1.23. The molecule has 3 aliphatic heterocycles. The lowest BCUT2D eigenvalue weighted by Gasteiger charge is -2.47. The third-order valence-electron chi connectivity index (χ3n) is 7.31. The van der Waals surface area contributed by atoms with Crippen LogP contribution in [0.1, 0.15) is 60.0 Å². The Morgan fingerprint density at radius 1 is 1.07 bits per heavy atom. The van der Waals surface area contributed by atoms with E-state index < -0.39 is 6.04 Å². The van der Waals surface area contributed by atoms with Crippen molar-refractivity contribution in [2.75, 3.05) is 13.1 Å². The number of nitrogens with one attached hydrogen (secondary N) is 1. The molecule has 2 N–H and O–H groups in total. The molecule has 1 aliphatic carbocycles. The minimum absolute atomic E-state index is 0.115. The van der Waals surface area contributed by atoms with Crippen LogP contribution in [0, 0.1) is 5.92 Å². The van der Waals surface area contributed by atoms with Gasteiger partial charge < -0.3 is 10.0 Å². The van der Waals surface area contributed by atoms with E-state index in [-0.39, 0.29) is 30.2 Å². The summed E-state index contributed by atoms with van der Waals surface area (Å²) in [6.45, 7) is 2.02. The number of imide groups is 1. The number of nitrogens with zero attached hydrogens (tertiary/aromatic N) is 2. The van der Waals surface area contributed by atoms with Crippen molar-refractivity contribution in [1.82, 2.24) is 15.1 Å². The molecular weight excluding hydrogens is 382 g/mol. The van der Waals surface area contributed by atoms with Gasteiger partial charge in [0.05, 0.1) is 6.10 Å². The number of hydrogen-bond donors (Lipinski definition) is 2. The maximum atomic E-state index is 12.9. The summed E-state index contributed by atoms with van der Waals surface area (Å²) in [5, 5.41) is 12.1. The van der Waals surface area contributed by atoms with Gasteiger partial charge in [-0.2, -0.15) is 0 Å². The Labute approximate surface area is 176 Å². The molecule has 3 amide bonds. The van der Waals surface area contributed by atoms with Gasteiger partial charge in [-0.25, -0.2) is 0 Å². The Morgan fingerprint density at radius 3 is 2.63 bits per heavy atom. The third kappa shape index (κ3) is 3.54. The van der Waals surface area contributed by atoms with Gasteiger partial charge in [-0.1, -0.05) is 25.0 Å². The molecule has 7 heteroatoms. The fourth-order valence-electron chi connectivity index (χ4n) is 5.72. The zero-order chi connectivity index (χ0) is 20.8. The molecule has 0 aromatic heterocycles. The number of rotatable bonds is 4. The van der Waals surface area contributed by atoms with Crippen molar-refractivity contribution < 1.29 is 19.5 Å². The van der Waals surface area contributed by atoms with Crippen molar-refractivity contribution in [2.24, 2.45) is 5.92 Å². The largest absolute Gasteiger partial charge is 0.390 e. The summed E-state index contributed by atoms with van der Waals surface area (Å²) in [5.74, 6) is -0.169. The van der Waals surface area contributed by atoms with Gasteiger partial charge in [0.15, 0.2) is 0 Å². The minimum atomic E-state index is -0.563. The summed E-state index contributed by atoms with van der Waals surface area (Å²) in [4.78, 5) is 40.6. The molecule has 5 rings (SSSR count). The van der Waals surface area contributed by atoms with Crippen LogP contribution in [0.25, 0.3) is 0 Å². The molecule has 3 fully saturated rings. The van der Waals surface area contributed by atoms with E-state index >= 15 is 0 Å². The second-order valence-corrected chi connectivity index (χ2v) is 9.32. The summed E-state index contributed by atoms with van der Waals surface area (Å²) >= 11 is 0. The van der Waals surface area contributed by atoms with E-state index in [2.05, 4.69) is 22.3 Å². The number of piperidine rings is 1. The molecule has 2 saturated heterocycles. The van der Waals surface area contributed by atoms with Gasteiger partial charge in [-0.05, 0) is 48.8 Å². The average molecular weight is 412 g/mol. The van der Waals surface area contributed by atoms with Gasteiger partial charge in [0.25, 0.3) is 5.91 Å². The summed E-state index contributed by atoms with van der Waals surface area (Å²) in [7, 11) is 0. The molecule has 30 heavy (non-hydrogen) atoms. The monoisotopic (exact) mass is 411 g/mol. The van der Waals surface area contributed by atoms with E-state index in [1.165, 1.54) is 31.2 Å². The predicted molar refractivity (Wildman–Crippen MR) is 110 cm³/mol. The van der Waals surface area contributed by atoms with Crippen LogP contribution in [0.5, 0.6) is 0 Å². The first-order valence-corrected chi connectivity index (χ1v) is 11.2. The number of benzene rings is 1. The van der Waals surface area contributed by atoms with Crippen LogP contribution in [0.4, 0.5) is 0 Å². The maximum Gasteiger partial charge on any atom is 0.255 e. The topological polar surface area (TPSA) is 90.0 Å². The van der Waals surface area contributed by atoms with Crippen LogP contribution in [0.3, 0.4) is 0 Å². The Morgan fingerprint density at radius 2 is 1.87 bits per heavy atom. The molecule has 160 valence electrons. The van der Waals surface area contributed by atoms with Crippen molar-refractivity contribution in [2.45, 2.75) is 69.7 Å². The molecule has 1 unspecified atom stereocenters. The van der Waals surface area contributed by atoms with Gasteiger partial charge in [-0.3, -0.25) is 24.6 Å². The van der Waals surface area contributed by atoms with Gasteiger partial charge in [0.2, 0.25) is 11.8 Å². The highest BCUT2D eigenvalue weighted by Crippen LogP contribution is 2.35. The Hall–Kier alpha value is -2.25. The van der Waals surface area contributed by atoms with E-state index in [9.17, 15) is 19.5 Å². The number of carbonyl (C=O) groups excluding carboxylic acids is 3. The number of fused-ring (bicyclic) bond motifs is 1. The van der Waals surface area contributed by atoms with Crippen LogP contribution in [0.2, 0.25) is 0 Å². The molecule has 1 aromatic rings. The molecule has 0 bridgehead atoms. The zero-order valence-corrected chi connectivity index (χ0v) is 17.2. The van der Waals surface area contributed by atoms with E-state index in [0.29, 0.717) is 30.5 Å². The lowest BCUT2D eigenvalue weighted by Crippen LogP contribution is -2.58. The van der Waals surface area contributed by atoms with Crippen molar-refractivity contribution in [3.8, 4) is 0 Å². The average Bonchev–Trinajstić information content (AvgIpc) is 3.02. The van der Waals surface area contributed by atoms with Crippen LogP contribution in [-0.4, -0.2) is 63.9 Å². The molecular formula is C23H29N3O4. The van der Waals surface area contributed by atoms with Gasteiger partial charge in [0.1, 0.15) is 6.04 Å². The summed E-state index contributed by atoms with van der Waals surface area (Å²) in [5.41, 5.74) is 2.90. The highest BCUT2D eigenvalue weighted by atomic mass is 16.3. The standard InChI is InChI=1S/C23H29N3O4/c27-17-12-25(13-17)19-4-2-1-3-15(19)9-14-5-6-18-16(10-14)11-26(23(18)30)20-7-8-21(28)24-22(20)29/h5-6,10,15,17,19-20,27H,1-4,7-9,11-13H2,(H,24,28,29)/t15-,19+,20?/m1/s1. The van der Waals surface area contributed by atoms with E-state index in [1.54, 1.807) is 4.90 Å². The Kier molecular flexibility index (Phi) is 5.11. The van der Waals surface area contributed by atoms with Crippen LogP contribution in [-0.2, 0) is 22.6 Å². The third-order valence-corrected chi connectivity index (χ3v) is 7.31. The number of amides is 3. The first-order valence-electron chi connectivity index (χ1n) is 11.2. The molecule has 0 radical (unpaired) electrons. The lowest BCUT2D eigenvalue weighted by atomic mass is 9.78. The highest BCUT2D eigenvalue weighted by molar-refractivity contribution is 6.05. The van der Waals surface area contributed by atoms with Crippen molar-refractivity contribution in [3.05, 3.63) is 34.9 Å². The van der Waals surface area contributed by atoms with Gasteiger partial charge in [-0.15, -0.1) is 0 Å². The summed E-state index contributed by atoms with van der Waals surface area (Å²) in [6.07, 6.45) is 6.39. The molecule has 0 spiro atoms. The van der Waals surface area contributed by atoms with Crippen molar-refractivity contribution >= 4 is 17.7 Å². The van der Waals surface area contributed by atoms with Crippen LogP contribution < -0.4 is 5.32 Å². The summed E-state index contributed by atoms with van der Waals surface area (Å²) < 4.78 is 0. The molecule has 7 nitrogen and oxygen atoms in total. The maximum absolute atomic E-state index is 12.9. The Bertz CT molecular complexity index is 879. The molecule has 3 heterocycles. The van der Waals surface area contributed by atoms with E-state index in [0.717, 1.165) is 25.1 Å². The van der Waals surface area contributed by atoms with Crippen molar-refractivity contribution in [1.29, 1.82) is 0 Å². The normalized spacial score (nSPS) is 30.2. The first-order chi connectivity index (χ1) is 14.5. The van der Waals surface area contributed by atoms with E-state index in [4.69, 9.17) is 0 Å². The molecule has 4 aliphatic rings. The smallest absolute Gasteiger partial charge is 0.255 e. The first kappa shape index (κ1) is 19.7. The number of aliphatic hydroxyl groups excluding tert-OH is 1. The number of carbonyl (C=O) groups is 3. The van der Waals surface area contributed by atoms with Gasteiger partial charge in [0, 0.05) is 37.7 Å². The van der Waals surface area contributed by atoms with Crippen LogP contribution >= 0.6 is 0 Å². The summed E-state index contributed by atoms with van der Waals surface area (Å²) in [6, 6.07) is 6.07. The number of likely N-dealkylation sites (tertiary alicyclic amines) is 1. The zero-order valence-electron chi connectivity index (χ0n) is 17.2. The Balaban J connectivity index is 1.29. The minimum Gasteiger partial charge on any atom is -0.390 e. The SMILES string of the molecule is O=C1CCC(N2Cc3cc(C[C@H]4CCCC[C@@H]4N4CC(O)C4)ccc3C2=O)C(=O)N1. The molecule has 1 aromatic carbocycles. The number of aliphatic hydroxyl groups is 1.